The SMILES string of the molecule is CC(C)(C)OC(=O)Nc1ccc(Br)cc1[N+](=O)[O-].CC(C)N1CCN(c2ccc(NC(=O)OC(C)(C)C)c([N+](=O)[O-])c2)CC1.CC(C)N1CCNCC1. The summed E-state index contributed by atoms with van der Waals surface area (Å²) in [4.78, 5) is 51.7. The van der Waals surface area contributed by atoms with Crippen molar-refractivity contribution >= 4 is 56.6 Å². The van der Waals surface area contributed by atoms with Gasteiger partial charge in [0, 0.05) is 86.7 Å². The monoisotopic (exact) mass is 808 g/mol. The zero-order valence-electron chi connectivity index (χ0n) is 32.7. The van der Waals surface area contributed by atoms with Gasteiger partial charge in [0.05, 0.1) is 9.85 Å². The number of nitrogens with one attached hydrogen (secondary N) is 3. The first-order valence-corrected chi connectivity index (χ1v) is 18.5. The first-order chi connectivity index (χ1) is 24.6. The topological polar surface area (TPSA) is 185 Å². The minimum atomic E-state index is -0.729. The molecule has 0 radical (unpaired) electrons. The van der Waals surface area contributed by atoms with Gasteiger partial charge in [0.15, 0.2) is 0 Å². The third-order valence-corrected chi connectivity index (χ3v) is 8.39. The molecule has 2 aliphatic heterocycles. The van der Waals surface area contributed by atoms with Crippen molar-refractivity contribution in [2.75, 3.05) is 67.9 Å². The van der Waals surface area contributed by atoms with Crippen LogP contribution in [0.25, 0.3) is 0 Å². The number of benzene rings is 2. The summed E-state index contributed by atoms with van der Waals surface area (Å²) in [5.74, 6) is 0. The Morgan fingerprint density at radius 2 is 1.13 bits per heavy atom. The molecule has 2 saturated heterocycles. The van der Waals surface area contributed by atoms with Crippen molar-refractivity contribution in [2.45, 2.75) is 92.5 Å². The smallest absolute Gasteiger partial charge is 0.412 e. The molecule has 2 amide bonds. The number of nitro groups is 2. The average Bonchev–Trinajstić information content (AvgIpc) is 3.05. The third-order valence-electron chi connectivity index (χ3n) is 7.90. The highest BCUT2D eigenvalue weighted by Crippen LogP contribution is 2.31. The maximum atomic E-state index is 11.9. The van der Waals surface area contributed by atoms with Crippen molar-refractivity contribution in [1.82, 2.24) is 15.1 Å². The van der Waals surface area contributed by atoms with Crippen LogP contribution in [0.15, 0.2) is 40.9 Å². The van der Waals surface area contributed by atoms with Gasteiger partial charge in [-0.25, -0.2) is 9.59 Å². The van der Waals surface area contributed by atoms with E-state index in [9.17, 15) is 29.8 Å². The second-order valence-corrected chi connectivity index (χ2v) is 16.0. The van der Waals surface area contributed by atoms with Gasteiger partial charge in [0.25, 0.3) is 11.4 Å². The predicted octanol–water partition coefficient (Wildman–Crippen LogP) is 7.48. The highest BCUT2D eigenvalue weighted by molar-refractivity contribution is 9.10. The van der Waals surface area contributed by atoms with Crippen LogP contribution in [0.3, 0.4) is 0 Å². The van der Waals surface area contributed by atoms with Gasteiger partial charge in [-0.1, -0.05) is 15.9 Å². The molecule has 0 bridgehead atoms. The van der Waals surface area contributed by atoms with Crippen LogP contribution in [0.1, 0.15) is 69.2 Å². The number of carbonyl (C=O) groups is 2. The summed E-state index contributed by atoms with van der Waals surface area (Å²) in [6.45, 7) is 27.4. The maximum Gasteiger partial charge on any atom is 0.412 e. The molecule has 2 heterocycles. The lowest BCUT2D eigenvalue weighted by atomic mass is 10.2. The highest BCUT2D eigenvalue weighted by atomic mass is 79.9. The van der Waals surface area contributed by atoms with Gasteiger partial charge in [-0.15, -0.1) is 0 Å². The molecule has 0 aromatic heterocycles. The summed E-state index contributed by atoms with van der Waals surface area (Å²) in [5, 5.41) is 30.4. The minimum Gasteiger partial charge on any atom is -0.444 e. The molecule has 2 aliphatic rings. The van der Waals surface area contributed by atoms with E-state index in [0.717, 1.165) is 51.0 Å². The first-order valence-electron chi connectivity index (χ1n) is 17.7. The van der Waals surface area contributed by atoms with E-state index >= 15 is 0 Å². The molecule has 0 atom stereocenters. The summed E-state index contributed by atoms with van der Waals surface area (Å²) < 4.78 is 10.7. The number of anilines is 3. The molecular weight excluding hydrogens is 752 g/mol. The van der Waals surface area contributed by atoms with Crippen LogP contribution in [0.2, 0.25) is 0 Å². The zero-order valence-corrected chi connectivity index (χ0v) is 34.2. The Hall–Kier alpha value is -4.06. The van der Waals surface area contributed by atoms with Crippen molar-refractivity contribution in [3.05, 3.63) is 61.1 Å². The Labute approximate surface area is 321 Å². The first kappa shape index (κ1) is 45.1. The van der Waals surface area contributed by atoms with Gasteiger partial charge in [-0.2, -0.15) is 0 Å². The van der Waals surface area contributed by atoms with Crippen LogP contribution in [0.5, 0.6) is 0 Å². The molecule has 2 aromatic carbocycles. The number of nitro benzene ring substituents is 2. The van der Waals surface area contributed by atoms with E-state index in [2.05, 4.69) is 74.3 Å². The van der Waals surface area contributed by atoms with Crippen LogP contribution in [-0.2, 0) is 9.47 Å². The number of carbonyl (C=O) groups excluding carboxylic acids is 2. The van der Waals surface area contributed by atoms with Crippen molar-refractivity contribution in [3.63, 3.8) is 0 Å². The van der Waals surface area contributed by atoms with Gasteiger partial charge in [-0.05, 0) is 93.5 Å². The number of ether oxygens (including phenoxy) is 2. The fourth-order valence-electron chi connectivity index (χ4n) is 5.26. The normalized spacial score (nSPS) is 15.4. The summed E-state index contributed by atoms with van der Waals surface area (Å²) >= 11 is 3.13. The standard InChI is InChI=1S/C18H28N4O4.C11H13BrN2O4.C7H16N2/c1-13(2)20-8-10-21(11-9-20)14-6-7-15(16(12-14)22(24)25)19-17(23)26-18(3,4)5;1-11(2,3)18-10(15)13-8-5-4-7(12)6-9(8)14(16)17;1-7(2)9-5-3-8-4-6-9/h6-7,12-13H,8-11H2,1-5H3,(H,19,23);4-6H,1-3H3,(H,13,15);7-8H,3-6H2,1-2H3. The molecule has 296 valence electrons. The Balaban J connectivity index is 0.000000309. The van der Waals surface area contributed by atoms with Crippen LogP contribution < -0.4 is 20.9 Å². The van der Waals surface area contributed by atoms with Crippen LogP contribution in [0.4, 0.5) is 38.0 Å². The lowest BCUT2D eigenvalue weighted by Gasteiger charge is -2.38. The summed E-state index contributed by atoms with van der Waals surface area (Å²) in [5.41, 5.74) is -0.653. The van der Waals surface area contributed by atoms with E-state index in [1.54, 1.807) is 59.7 Å². The van der Waals surface area contributed by atoms with E-state index in [-0.39, 0.29) is 22.7 Å². The van der Waals surface area contributed by atoms with E-state index in [1.807, 2.05) is 0 Å². The molecule has 4 rings (SSSR count). The molecular formula is C36H57BrN8O8. The van der Waals surface area contributed by atoms with Gasteiger partial charge >= 0.3 is 12.2 Å². The summed E-state index contributed by atoms with van der Waals surface area (Å²) in [6, 6.07) is 10.4. The molecule has 2 aromatic rings. The molecule has 0 spiro atoms. The number of amides is 2. The van der Waals surface area contributed by atoms with Crippen LogP contribution in [-0.4, -0.2) is 107 Å². The lowest BCUT2D eigenvalue weighted by molar-refractivity contribution is -0.384. The number of hydrogen-bond acceptors (Lipinski definition) is 12. The van der Waals surface area contributed by atoms with E-state index in [1.165, 1.54) is 31.3 Å². The lowest BCUT2D eigenvalue weighted by Crippen LogP contribution is -2.48. The van der Waals surface area contributed by atoms with Crippen LogP contribution >= 0.6 is 15.9 Å². The Kier molecular flexibility index (Phi) is 17.4. The van der Waals surface area contributed by atoms with Crippen molar-refractivity contribution in [3.8, 4) is 0 Å². The molecule has 53 heavy (non-hydrogen) atoms. The molecule has 0 aliphatic carbocycles. The van der Waals surface area contributed by atoms with Crippen molar-refractivity contribution in [1.29, 1.82) is 0 Å². The molecule has 0 saturated carbocycles. The van der Waals surface area contributed by atoms with Crippen molar-refractivity contribution in [2.24, 2.45) is 0 Å². The van der Waals surface area contributed by atoms with E-state index in [0.29, 0.717) is 10.5 Å². The van der Waals surface area contributed by atoms with Gasteiger partial charge in [0.1, 0.15) is 22.6 Å². The molecule has 3 N–H and O–H groups in total. The molecule has 2 fully saturated rings. The van der Waals surface area contributed by atoms with Crippen LogP contribution in [0, 0.1) is 20.2 Å². The number of halogens is 1. The summed E-state index contributed by atoms with van der Waals surface area (Å²) in [7, 11) is 0. The summed E-state index contributed by atoms with van der Waals surface area (Å²) in [6.07, 6.45) is -1.44. The highest BCUT2D eigenvalue weighted by Gasteiger charge is 2.25. The molecule has 16 nitrogen and oxygen atoms in total. The minimum absolute atomic E-state index is 0.0949. The number of nitrogens with zero attached hydrogens (tertiary/aromatic N) is 5. The molecule has 0 unspecified atom stereocenters. The van der Waals surface area contributed by atoms with Gasteiger partial charge in [0.2, 0.25) is 0 Å². The zero-order chi connectivity index (χ0) is 40.1. The second-order valence-electron chi connectivity index (χ2n) is 15.1. The van der Waals surface area contributed by atoms with Gasteiger partial charge in [-0.3, -0.25) is 40.7 Å². The fourth-order valence-corrected chi connectivity index (χ4v) is 5.61. The van der Waals surface area contributed by atoms with E-state index < -0.39 is 33.2 Å². The van der Waals surface area contributed by atoms with E-state index in [4.69, 9.17) is 9.47 Å². The Morgan fingerprint density at radius 3 is 1.53 bits per heavy atom. The molecule has 17 heteroatoms. The van der Waals surface area contributed by atoms with Gasteiger partial charge < -0.3 is 19.7 Å². The Morgan fingerprint density at radius 1 is 0.717 bits per heavy atom. The Bertz CT molecular complexity index is 1530. The predicted molar refractivity (Wildman–Crippen MR) is 212 cm³/mol. The second kappa shape index (κ2) is 20.4. The maximum absolute atomic E-state index is 11.9. The number of hydrogen-bond donors (Lipinski definition) is 3. The average molecular weight is 810 g/mol. The fraction of sp³-hybridized carbons (Fsp3) is 0.611. The largest absolute Gasteiger partial charge is 0.444 e. The quantitative estimate of drug-likeness (QED) is 0.185. The van der Waals surface area contributed by atoms with Crippen molar-refractivity contribution < 1.29 is 28.9 Å². The third kappa shape index (κ3) is 16.7. The number of rotatable bonds is 7. The number of piperazine rings is 2.